The molecule has 2 rings (SSSR count). The van der Waals surface area contributed by atoms with Crippen LogP contribution in [-0.4, -0.2) is 24.9 Å². The van der Waals surface area contributed by atoms with E-state index in [-0.39, 0.29) is 6.61 Å². The Balaban J connectivity index is 1.76. The summed E-state index contributed by atoms with van der Waals surface area (Å²) in [5.41, 5.74) is 2.54. The Morgan fingerprint density at radius 3 is 2.38 bits per heavy atom. The number of nitrogens with one attached hydrogen (secondary N) is 1. The Hall–Kier alpha value is -0.900. The van der Waals surface area contributed by atoms with E-state index in [9.17, 15) is 0 Å². The summed E-state index contributed by atoms with van der Waals surface area (Å²) in [6, 6.07) is 8.03. The SMILES string of the molecule is CC1(CNCc2ccc(CO)cc2)COC1. The van der Waals surface area contributed by atoms with Gasteiger partial charge < -0.3 is 15.2 Å². The van der Waals surface area contributed by atoms with Crippen molar-refractivity contribution >= 4 is 0 Å². The van der Waals surface area contributed by atoms with E-state index < -0.39 is 0 Å². The Labute approximate surface area is 96.4 Å². The highest BCUT2D eigenvalue weighted by Crippen LogP contribution is 2.25. The second-order valence-electron chi connectivity index (χ2n) is 4.88. The Morgan fingerprint density at radius 2 is 1.88 bits per heavy atom. The lowest BCUT2D eigenvalue weighted by Crippen LogP contribution is -2.47. The predicted molar refractivity (Wildman–Crippen MR) is 63.0 cm³/mol. The molecule has 0 atom stereocenters. The Morgan fingerprint density at radius 1 is 1.25 bits per heavy atom. The van der Waals surface area contributed by atoms with Gasteiger partial charge in [0, 0.05) is 18.5 Å². The molecule has 0 aromatic heterocycles. The van der Waals surface area contributed by atoms with Crippen LogP contribution in [0.2, 0.25) is 0 Å². The molecule has 1 fully saturated rings. The van der Waals surface area contributed by atoms with Crippen molar-refractivity contribution in [3.05, 3.63) is 35.4 Å². The molecule has 0 unspecified atom stereocenters. The average Bonchev–Trinajstić information content (AvgIpc) is 2.28. The number of hydrogen-bond acceptors (Lipinski definition) is 3. The van der Waals surface area contributed by atoms with Crippen LogP contribution in [0.25, 0.3) is 0 Å². The summed E-state index contributed by atoms with van der Waals surface area (Å²) in [7, 11) is 0. The van der Waals surface area contributed by atoms with Crippen LogP contribution < -0.4 is 5.32 Å². The van der Waals surface area contributed by atoms with Crippen LogP contribution in [-0.2, 0) is 17.9 Å². The Bertz CT molecular complexity index is 330. The highest BCUT2D eigenvalue weighted by Gasteiger charge is 2.32. The minimum Gasteiger partial charge on any atom is -0.392 e. The maximum atomic E-state index is 8.92. The molecule has 16 heavy (non-hydrogen) atoms. The van der Waals surface area contributed by atoms with Crippen molar-refractivity contribution in [2.45, 2.75) is 20.1 Å². The van der Waals surface area contributed by atoms with Crippen LogP contribution >= 0.6 is 0 Å². The molecule has 1 aliphatic rings. The van der Waals surface area contributed by atoms with Gasteiger partial charge in [0.2, 0.25) is 0 Å². The molecule has 3 nitrogen and oxygen atoms in total. The molecule has 3 heteroatoms. The minimum absolute atomic E-state index is 0.114. The summed E-state index contributed by atoms with van der Waals surface area (Å²) in [4.78, 5) is 0. The van der Waals surface area contributed by atoms with Crippen LogP contribution in [0, 0.1) is 5.41 Å². The molecular weight excluding hydrogens is 202 g/mol. The standard InChI is InChI=1S/C13H19NO2/c1-13(9-16-10-13)8-14-6-11-2-4-12(7-15)5-3-11/h2-5,14-15H,6-10H2,1H3. The van der Waals surface area contributed by atoms with Gasteiger partial charge in [0.15, 0.2) is 0 Å². The van der Waals surface area contributed by atoms with Crippen molar-refractivity contribution in [3.8, 4) is 0 Å². The van der Waals surface area contributed by atoms with E-state index in [2.05, 4.69) is 24.4 Å². The van der Waals surface area contributed by atoms with Gasteiger partial charge in [0.1, 0.15) is 0 Å². The molecule has 1 aromatic carbocycles. The number of ether oxygens (including phenoxy) is 1. The number of aliphatic hydroxyl groups excluding tert-OH is 1. The van der Waals surface area contributed by atoms with E-state index in [1.807, 2.05) is 12.1 Å². The monoisotopic (exact) mass is 221 g/mol. The first-order valence-corrected chi connectivity index (χ1v) is 5.69. The van der Waals surface area contributed by atoms with Gasteiger partial charge in [0.25, 0.3) is 0 Å². The van der Waals surface area contributed by atoms with Gasteiger partial charge in [-0.25, -0.2) is 0 Å². The zero-order chi connectivity index (χ0) is 11.4. The van der Waals surface area contributed by atoms with Crippen molar-refractivity contribution in [3.63, 3.8) is 0 Å². The molecule has 0 saturated carbocycles. The van der Waals surface area contributed by atoms with Crippen LogP contribution in [0.1, 0.15) is 18.1 Å². The van der Waals surface area contributed by atoms with Gasteiger partial charge in [-0.15, -0.1) is 0 Å². The maximum Gasteiger partial charge on any atom is 0.0681 e. The number of aliphatic hydroxyl groups is 1. The smallest absolute Gasteiger partial charge is 0.0681 e. The van der Waals surface area contributed by atoms with Gasteiger partial charge in [-0.05, 0) is 11.1 Å². The quantitative estimate of drug-likeness (QED) is 0.787. The highest BCUT2D eigenvalue weighted by molar-refractivity contribution is 5.21. The van der Waals surface area contributed by atoms with E-state index in [1.165, 1.54) is 5.56 Å². The molecular formula is C13H19NO2. The van der Waals surface area contributed by atoms with Crippen LogP contribution in [0.4, 0.5) is 0 Å². The third-order valence-electron chi connectivity index (χ3n) is 2.99. The number of rotatable bonds is 5. The molecule has 0 amide bonds. The van der Waals surface area contributed by atoms with Gasteiger partial charge in [-0.2, -0.15) is 0 Å². The summed E-state index contributed by atoms with van der Waals surface area (Å²) in [6.07, 6.45) is 0. The molecule has 1 aliphatic heterocycles. The lowest BCUT2D eigenvalue weighted by Gasteiger charge is -2.38. The van der Waals surface area contributed by atoms with Crippen molar-refractivity contribution in [1.29, 1.82) is 0 Å². The Kier molecular flexibility index (Phi) is 3.59. The molecule has 0 spiro atoms. The van der Waals surface area contributed by atoms with Crippen molar-refractivity contribution in [2.24, 2.45) is 5.41 Å². The summed E-state index contributed by atoms with van der Waals surface area (Å²) in [6.45, 7) is 5.95. The molecule has 1 aromatic rings. The first kappa shape index (κ1) is 11.6. The maximum absolute atomic E-state index is 8.92. The molecule has 1 heterocycles. The van der Waals surface area contributed by atoms with E-state index in [0.717, 1.165) is 31.9 Å². The fourth-order valence-electron chi connectivity index (χ4n) is 1.82. The predicted octanol–water partition coefficient (Wildman–Crippen LogP) is 1.30. The third-order valence-corrected chi connectivity index (χ3v) is 2.99. The minimum atomic E-state index is 0.114. The van der Waals surface area contributed by atoms with Crippen molar-refractivity contribution in [1.82, 2.24) is 5.32 Å². The summed E-state index contributed by atoms with van der Waals surface area (Å²) in [5, 5.41) is 12.4. The van der Waals surface area contributed by atoms with E-state index in [0.29, 0.717) is 5.41 Å². The van der Waals surface area contributed by atoms with Crippen LogP contribution in [0.5, 0.6) is 0 Å². The lowest BCUT2D eigenvalue weighted by atomic mass is 9.89. The summed E-state index contributed by atoms with van der Waals surface area (Å²) in [5.74, 6) is 0. The van der Waals surface area contributed by atoms with Crippen molar-refractivity contribution < 1.29 is 9.84 Å². The summed E-state index contributed by atoms with van der Waals surface area (Å²) < 4.78 is 5.20. The third kappa shape index (κ3) is 2.82. The zero-order valence-corrected chi connectivity index (χ0v) is 9.70. The van der Waals surface area contributed by atoms with Crippen LogP contribution in [0.3, 0.4) is 0 Å². The zero-order valence-electron chi connectivity index (χ0n) is 9.70. The fourth-order valence-corrected chi connectivity index (χ4v) is 1.82. The molecule has 1 saturated heterocycles. The fraction of sp³-hybridized carbons (Fsp3) is 0.538. The van der Waals surface area contributed by atoms with Crippen molar-refractivity contribution in [2.75, 3.05) is 19.8 Å². The van der Waals surface area contributed by atoms with Gasteiger partial charge in [-0.1, -0.05) is 31.2 Å². The molecule has 88 valence electrons. The molecule has 0 bridgehead atoms. The van der Waals surface area contributed by atoms with E-state index in [4.69, 9.17) is 9.84 Å². The average molecular weight is 221 g/mol. The van der Waals surface area contributed by atoms with E-state index in [1.54, 1.807) is 0 Å². The van der Waals surface area contributed by atoms with E-state index >= 15 is 0 Å². The van der Waals surface area contributed by atoms with Gasteiger partial charge >= 0.3 is 0 Å². The highest BCUT2D eigenvalue weighted by atomic mass is 16.5. The second kappa shape index (κ2) is 4.95. The second-order valence-corrected chi connectivity index (χ2v) is 4.88. The number of hydrogen-bond donors (Lipinski definition) is 2. The summed E-state index contributed by atoms with van der Waals surface area (Å²) >= 11 is 0. The molecule has 0 aliphatic carbocycles. The molecule has 2 N–H and O–H groups in total. The lowest BCUT2D eigenvalue weighted by molar-refractivity contribution is -0.0991. The molecule has 0 radical (unpaired) electrons. The first-order chi connectivity index (χ1) is 7.72. The normalized spacial score (nSPS) is 18.1. The topological polar surface area (TPSA) is 41.5 Å². The van der Waals surface area contributed by atoms with Gasteiger partial charge in [-0.3, -0.25) is 0 Å². The largest absolute Gasteiger partial charge is 0.392 e. The first-order valence-electron chi connectivity index (χ1n) is 5.69. The van der Waals surface area contributed by atoms with Crippen LogP contribution in [0.15, 0.2) is 24.3 Å². The van der Waals surface area contributed by atoms with Gasteiger partial charge in [0.05, 0.1) is 19.8 Å². The number of benzene rings is 1.